The third kappa shape index (κ3) is 2.50. The molecule has 1 unspecified atom stereocenters. The summed E-state index contributed by atoms with van der Waals surface area (Å²) in [5.41, 5.74) is 6.28. The Labute approximate surface area is 105 Å². The van der Waals surface area contributed by atoms with Gasteiger partial charge in [-0.3, -0.25) is 0 Å². The van der Waals surface area contributed by atoms with Crippen molar-refractivity contribution in [2.75, 3.05) is 0 Å². The number of fused-ring (bicyclic) bond motifs is 1. The third-order valence-corrected chi connectivity index (χ3v) is 4.60. The second-order valence-corrected chi connectivity index (χ2v) is 5.55. The zero-order valence-electron chi connectivity index (χ0n) is 10.2. The van der Waals surface area contributed by atoms with Gasteiger partial charge in [-0.25, -0.2) is 4.39 Å². The summed E-state index contributed by atoms with van der Waals surface area (Å²) in [6, 6.07) is 7.02. The first-order chi connectivity index (χ1) is 8.15. The van der Waals surface area contributed by atoms with E-state index in [9.17, 15) is 4.39 Å². The summed E-state index contributed by atoms with van der Waals surface area (Å²) in [6.45, 7) is 4.34. The lowest BCUT2D eigenvalue weighted by molar-refractivity contribution is 0.410. The van der Waals surface area contributed by atoms with Crippen molar-refractivity contribution in [3.63, 3.8) is 0 Å². The summed E-state index contributed by atoms with van der Waals surface area (Å²) in [6.07, 6.45) is 2.17. The molecule has 0 saturated carbocycles. The molecule has 3 heteroatoms. The van der Waals surface area contributed by atoms with Crippen LogP contribution in [0.3, 0.4) is 0 Å². The molecule has 92 valence electrons. The molecule has 0 aliphatic carbocycles. The zero-order valence-corrected chi connectivity index (χ0v) is 11.1. The number of hydrogen-bond donors (Lipinski definition) is 1. The van der Waals surface area contributed by atoms with Gasteiger partial charge < -0.3 is 5.73 Å². The van der Waals surface area contributed by atoms with Gasteiger partial charge in [0.05, 0.1) is 0 Å². The predicted molar refractivity (Wildman–Crippen MR) is 72.8 cm³/mol. The number of thiophene rings is 1. The van der Waals surface area contributed by atoms with E-state index in [0.29, 0.717) is 5.92 Å². The maximum absolute atomic E-state index is 13.1. The molecular formula is C14H18FNS. The SMILES string of the molecule is CCC(CC)C(N)c1cc2cc(F)ccc2s1. The minimum Gasteiger partial charge on any atom is -0.323 e. The summed E-state index contributed by atoms with van der Waals surface area (Å²) in [7, 11) is 0. The minimum atomic E-state index is -0.182. The second kappa shape index (κ2) is 5.15. The van der Waals surface area contributed by atoms with Crippen LogP contribution < -0.4 is 5.73 Å². The van der Waals surface area contributed by atoms with Crippen LogP contribution >= 0.6 is 11.3 Å². The van der Waals surface area contributed by atoms with Gasteiger partial charge in [0.1, 0.15) is 5.82 Å². The van der Waals surface area contributed by atoms with Gasteiger partial charge in [-0.2, -0.15) is 0 Å². The van der Waals surface area contributed by atoms with Crippen molar-refractivity contribution in [1.29, 1.82) is 0 Å². The summed E-state index contributed by atoms with van der Waals surface area (Å²) in [4.78, 5) is 1.17. The highest BCUT2D eigenvalue weighted by molar-refractivity contribution is 7.19. The fraction of sp³-hybridized carbons (Fsp3) is 0.429. The van der Waals surface area contributed by atoms with Gasteiger partial charge >= 0.3 is 0 Å². The number of hydrogen-bond acceptors (Lipinski definition) is 2. The molecule has 2 rings (SSSR count). The van der Waals surface area contributed by atoms with Crippen LogP contribution in [0.1, 0.15) is 37.6 Å². The molecule has 2 aromatic rings. The maximum atomic E-state index is 13.1. The van der Waals surface area contributed by atoms with Crippen LogP contribution in [0.2, 0.25) is 0 Å². The van der Waals surface area contributed by atoms with Crippen molar-refractivity contribution < 1.29 is 4.39 Å². The summed E-state index contributed by atoms with van der Waals surface area (Å²) in [5.74, 6) is 0.325. The van der Waals surface area contributed by atoms with Crippen molar-refractivity contribution in [3.05, 3.63) is 35.0 Å². The Balaban J connectivity index is 2.35. The quantitative estimate of drug-likeness (QED) is 0.852. The van der Waals surface area contributed by atoms with Gasteiger partial charge in [0.25, 0.3) is 0 Å². The highest BCUT2D eigenvalue weighted by Crippen LogP contribution is 2.34. The number of benzene rings is 1. The molecule has 0 fully saturated rings. The van der Waals surface area contributed by atoms with Crippen LogP contribution in [-0.2, 0) is 0 Å². The largest absolute Gasteiger partial charge is 0.323 e. The molecule has 0 amide bonds. The monoisotopic (exact) mass is 251 g/mol. The first kappa shape index (κ1) is 12.5. The minimum absolute atomic E-state index is 0.0745. The summed E-state index contributed by atoms with van der Waals surface area (Å²) in [5, 5.41) is 0.964. The Hall–Kier alpha value is -0.930. The van der Waals surface area contributed by atoms with Crippen LogP contribution in [0, 0.1) is 11.7 Å². The Morgan fingerprint density at radius 3 is 2.59 bits per heavy atom. The Morgan fingerprint density at radius 2 is 1.94 bits per heavy atom. The fourth-order valence-electron chi connectivity index (χ4n) is 2.23. The number of halogens is 1. The molecule has 1 aromatic heterocycles. The normalized spacial score (nSPS) is 13.5. The lowest BCUT2D eigenvalue weighted by Gasteiger charge is -2.19. The molecule has 0 saturated heterocycles. The highest BCUT2D eigenvalue weighted by Gasteiger charge is 2.18. The number of nitrogens with two attached hydrogens (primary N) is 1. The molecule has 1 nitrogen and oxygen atoms in total. The van der Waals surface area contributed by atoms with Crippen LogP contribution in [0.5, 0.6) is 0 Å². The Morgan fingerprint density at radius 1 is 1.24 bits per heavy atom. The molecule has 0 radical (unpaired) electrons. The summed E-state index contributed by atoms with van der Waals surface area (Å²) < 4.78 is 14.2. The molecule has 1 atom stereocenters. The fourth-order valence-corrected chi connectivity index (χ4v) is 3.37. The summed E-state index contributed by atoms with van der Waals surface area (Å²) >= 11 is 1.68. The molecule has 2 N–H and O–H groups in total. The van der Waals surface area contributed by atoms with Gasteiger partial charge in [0.15, 0.2) is 0 Å². The molecule has 0 aliphatic rings. The smallest absolute Gasteiger partial charge is 0.123 e. The van der Waals surface area contributed by atoms with E-state index in [4.69, 9.17) is 5.73 Å². The highest BCUT2D eigenvalue weighted by atomic mass is 32.1. The number of rotatable bonds is 4. The van der Waals surface area contributed by atoms with Crippen molar-refractivity contribution in [2.45, 2.75) is 32.7 Å². The van der Waals surface area contributed by atoms with Crippen LogP contribution in [0.25, 0.3) is 10.1 Å². The van der Waals surface area contributed by atoms with E-state index < -0.39 is 0 Å². The van der Waals surface area contributed by atoms with Gasteiger partial charge in [0.2, 0.25) is 0 Å². The first-order valence-corrected chi connectivity index (χ1v) is 6.92. The van der Waals surface area contributed by atoms with Crippen molar-refractivity contribution in [1.82, 2.24) is 0 Å². The average Bonchev–Trinajstić information content (AvgIpc) is 2.73. The topological polar surface area (TPSA) is 26.0 Å². The lowest BCUT2D eigenvalue weighted by Crippen LogP contribution is -2.19. The molecule has 0 bridgehead atoms. The van der Waals surface area contributed by atoms with Gasteiger partial charge in [-0.1, -0.05) is 26.7 Å². The van der Waals surface area contributed by atoms with Crippen molar-refractivity contribution >= 4 is 21.4 Å². The van der Waals surface area contributed by atoms with E-state index in [0.717, 1.165) is 22.9 Å². The van der Waals surface area contributed by atoms with E-state index >= 15 is 0 Å². The van der Waals surface area contributed by atoms with E-state index in [1.54, 1.807) is 17.4 Å². The van der Waals surface area contributed by atoms with Crippen molar-refractivity contribution in [3.8, 4) is 0 Å². The molecule has 0 aliphatic heterocycles. The van der Waals surface area contributed by atoms with Crippen LogP contribution in [0.15, 0.2) is 24.3 Å². The molecule has 1 heterocycles. The maximum Gasteiger partial charge on any atom is 0.123 e. The Bertz CT molecular complexity index is 502. The van der Waals surface area contributed by atoms with Crippen LogP contribution in [0.4, 0.5) is 4.39 Å². The van der Waals surface area contributed by atoms with Gasteiger partial charge in [0, 0.05) is 15.6 Å². The molecule has 0 spiro atoms. The first-order valence-electron chi connectivity index (χ1n) is 6.10. The Kier molecular flexibility index (Phi) is 3.79. The predicted octanol–water partition coefficient (Wildman–Crippen LogP) is 4.48. The standard InChI is InChI=1S/C14H18FNS/c1-3-9(4-2)14(16)13-8-10-7-11(15)5-6-12(10)17-13/h5-9,14H,3-4,16H2,1-2H3. The van der Waals surface area contributed by atoms with E-state index in [2.05, 4.69) is 13.8 Å². The van der Waals surface area contributed by atoms with E-state index in [1.165, 1.54) is 10.9 Å². The van der Waals surface area contributed by atoms with Crippen molar-refractivity contribution in [2.24, 2.45) is 11.7 Å². The third-order valence-electron chi connectivity index (χ3n) is 3.38. The van der Waals surface area contributed by atoms with E-state index in [-0.39, 0.29) is 11.9 Å². The lowest BCUT2D eigenvalue weighted by atomic mass is 9.94. The molecule has 1 aromatic carbocycles. The second-order valence-electron chi connectivity index (χ2n) is 4.43. The van der Waals surface area contributed by atoms with Gasteiger partial charge in [-0.05, 0) is 35.6 Å². The average molecular weight is 251 g/mol. The molecule has 17 heavy (non-hydrogen) atoms. The van der Waals surface area contributed by atoms with Crippen LogP contribution in [-0.4, -0.2) is 0 Å². The zero-order chi connectivity index (χ0) is 12.4. The van der Waals surface area contributed by atoms with E-state index in [1.807, 2.05) is 12.1 Å². The molecular weight excluding hydrogens is 233 g/mol. The van der Waals surface area contributed by atoms with Gasteiger partial charge in [-0.15, -0.1) is 11.3 Å².